The van der Waals surface area contributed by atoms with Crippen LogP contribution in [-0.4, -0.2) is 106 Å². The molecule has 2 N–H and O–H groups in total. The monoisotopic (exact) mass is 692 g/mol. The van der Waals surface area contributed by atoms with E-state index in [-0.39, 0.29) is 6.42 Å². The molecule has 4 saturated heterocycles. The number of allylic oxidation sites excluding steroid dienone is 1. The van der Waals surface area contributed by atoms with Crippen molar-refractivity contribution in [3.05, 3.63) is 47.7 Å². The van der Waals surface area contributed by atoms with E-state index in [9.17, 15) is 37.2 Å². The van der Waals surface area contributed by atoms with Gasteiger partial charge in [-0.3, -0.25) is 14.4 Å². The highest BCUT2D eigenvalue weighted by atomic mass is 32.2. The maximum absolute atomic E-state index is 13.5. The van der Waals surface area contributed by atoms with Gasteiger partial charge < -0.3 is 34.6 Å². The van der Waals surface area contributed by atoms with Crippen molar-refractivity contribution in [2.24, 2.45) is 0 Å². The molecule has 0 bridgehead atoms. The van der Waals surface area contributed by atoms with Crippen LogP contribution in [-0.2, 0) is 52.8 Å². The molecule has 0 spiro atoms. The topological polar surface area (TPSA) is 195 Å². The molecular weight excluding hydrogens is 656 g/mol. The summed E-state index contributed by atoms with van der Waals surface area (Å²) in [6, 6.07) is 4.30. The summed E-state index contributed by atoms with van der Waals surface area (Å²) in [5.41, 5.74) is 0.936. The molecule has 6 atom stereocenters. The number of hydrogen-bond donors (Lipinski definition) is 2. The van der Waals surface area contributed by atoms with Crippen LogP contribution in [0.4, 0.5) is 0 Å². The van der Waals surface area contributed by atoms with Gasteiger partial charge in [0.1, 0.15) is 34.9 Å². The van der Waals surface area contributed by atoms with Crippen LogP contribution in [0.2, 0.25) is 0 Å². The molecule has 4 fully saturated rings. The van der Waals surface area contributed by atoms with Crippen molar-refractivity contribution in [3.63, 3.8) is 0 Å². The Morgan fingerprint density at radius 1 is 1.02 bits per heavy atom. The number of fused-ring (bicyclic) bond motifs is 2. The van der Waals surface area contributed by atoms with Gasteiger partial charge in [0.25, 0.3) is 0 Å². The number of β-lactam (4-membered cyclic amide) rings is 2. The molecule has 4 aliphatic rings. The Hall–Kier alpha value is -4.12. The van der Waals surface area contributed by atoms with E-state index < -0.39 is 96.7 Å². The van der Waals surface area contributed by atoms with Gasteiger partial charge in [-0.15, -0.1) is 11.8 Å². The lowest BCUT2D eigenvalue weighted by Crippen LogP contribution is -2.71. The number of benzene rings is 1. The number of esters is 3. The molecule has 1 unspecified atom stereocenters. The number of thioether (sulfide) groups is 1. The molecule has 5 rings (SSSR count). The van der Waals surface area contributed by atoms with Crippen LogP contribution in [0.3, 0.4) is 0 Å². The number of sulfone groups is 1. The summed E-state index contributed by atoms with van der Waals surface area (Å²) in [4.78, 5) is 79.2. The van der Waals surface area contributed by atoms with Crippen LogP contribution < -0.4 is 10.6 Å². The molecule has 254 valence electrons. The number of amides is 3. The van der Waals surface area contributed by atoms with Crippen molar-refractivity contribution >= 4 is 57.2 Å². The van der Waals surface area contributed by atoms with Gasteiger partial charge in [-0.05, 0) is 40.2 Å². The molecule has 0 saturated carbocycles. The van der Waals surface area contributed by atoms with Crippen molar-refractivity contribution in [2.75, 3.05) is 13.9 Å². The zero-order chi connectivity index (χ0) is 34.6. The van der Waals surface area contributed by atoms with Gasteiger partial charge in [-0.1, -0.05) is 30.3 Å². The van der Waals surface area contributed by atoms with Gasteiger partial charge in [0.2, 0.25) is 24.5 Å². The SMILES string of the molecule is COC(=O)C=C(C)NC(C(=O)N[C@@H]1C(=O)N2[C@@H]1SC(C)(C)[C@@H]2C(=O)OCOC(=O)[C@@H]1N2C(=O)C[C@H]2S(=O)(=O)C1(C)C)c1ccccc1. The molecule has 15 nitrogen and oxygen atoms in total. The molecule has 47 heavy (non-hydrogen) atoms. The van der Waals surface area contributed by atoms with E-state index in [1.165, 1.54) is 43.7 Å². The van der Waals surface area contributed by atoms with Crippen LogP contribution in [0, 0.1) is 0 Å². The Labute approximate surface area is 275 Å². The second kappa shape index (κ2) is 12.2. The number of nitrogens with zero attached hydrogens (tertiary/aromatic N) is 2. The number of carbonyl (C=O) groups is 6. The maximum Gasteiger partial charge on any atom is 0.333 e. The molecule has 17 heteroatoms. The highest BCUT2D eigenvalue weighted by Gasteiger charge is 2.68. The molecule has 1 aromatic carbocycles. The van der Waals surface area contributed by atoms with E-state index in [4.69, 9.17) is 9.47 Å². The summed E-state index contributed by atoms with van der Waals surface area (Å²) >= 11 is 1.29. The predicted octanol–water partition coefficient (Wildman–Crippen LogP) is 0.119. The standard InChI is InChI=1S/C30H36N4O11S2/c1-15(12-19(36)43-6)31-20(16-10-8-7-9-11-16)24(37)32-21-25(38)34-22(29(2,3)46-26(21)34)27(39)44-14-45-28(40)23-30(4,5)47(41,42)18-13-17(35)33(18)23/h7-12,18,20-23,26,31H,13-14H2,1-6H3,(H,32,37)/t18-,20?,21-,22+,23+,26-/m1/s1. The number of carbonyl (C=O) groups excluding carboxylic acids is 6. The quantitative estimate of drug-likeness (QED) is 0.145. The summed E-state index contributed by atoms with van der Waals surface area (Å²) in [6.07, 6.45) is 0.987. The maximum atomic E-state index is 13.5. The summed E-state index contributed by atoms with van der Waals surface area (Å²) < 4.78 is 38.1. The Kier molecular flexibility index (Phi) is 8.85. The van der Waals surface area contributed by atoms with Crippen molar-refractivity contribution in [2.45, 2.75) is 85.4 Å². The average molecular weight is 693 g/mol. The van der Waals surface area contributed by atoms with E-state index in [1.54, 1.807) is 51.1 Å². The van der Waals surface area contributed by atoms with Gasteiger partial charge >= 0.3 is 17.9 Å². The molecule has 4 heterocycles. The first kappa shape index (κ1) is 34.2. The highest BCUT2D eigenvalue weighted by molar-refractivity contribution is 8.01. The van der Waals surface area contributed by atoms with Gasteiger partial charge in [0.15, 0.2) is 9.84 Å². The second-order valence-corrected chi connectivity index (χ2v) is 17.1. The number of nitrogens with one attached hydrogen (secondary N) is 2. The number of ether oxygens (including phenoxy) is 3. The van der Waals surface area contributed by atoms with Crippen molar-refractivity contribution in [1.82, 2.24) is 20.4 Å². The summed E-state index contributed by atoms with van der Waals surface area (Å²) in [7, 11) is -2.60. The number of rotatable bonds is 10. The van der Waals surface area contributed by atoms with E-state index in [2.05, 4.69) is 15.4 Å². The predicted molar refractivity (Wildman–Crippen MR) is 165 cm³/mol. The molecule has 0 aromatic heterocycles. The Balaban J connectivity index is 1.22. The van der Waals surface area contributed by atoms with Gasteiger partial charge in [0.05, 0.1) is 18.3 Å². The highest BCUT2D eigenvalue weighted by Crippen LogP contribution is 2.51. The zero-order valence-electron chi connectivity index (χ0n) is 26.5. The Morgan fingerprint density at radius 3 is 2.23 bits per heavy atom. The van der Waals surface area contributed by atoms with Gasteiger partial charge in [-0.25, -0.2) is 22.8 Å². The minimum absolute atomic E-state index is 0.207. The molecular formula is C30H36N4O11S2. The molecule has 1 aromatic rings. The lowest BCUT2D eigenvalue weighted by molar-refractivity contribution is -0.181. The van der Waals surface area contributed by atoms with E-state index in [0.717, 1.165) is 4.90 Å². The Bertz CT molecular complexity index is 1660. The van der Waals surface area contributed by atoms with Gasteiger partial charge in [-0.2, -0.15) is 0 Å². The zero-order valence-corrected chi connectivity index (χ0v) is 28.2. The summed E-state index contributed by atoms with van der Waals surface area (Å²) in [5, 5.41) is 4.05. The van der Waals surface area contributed by atoms with E-state index in [1.807, 2.05) is 0 Å². The number of methoxy groups -OCH3 is 1. The van der Waals surface area contributed by atoms with Crippen molar-refractivity contribution < 1.29 is 51.4 Å². The minimum atomic E-state index is -3.83. The molecule has 3 amide bonds. The normalized spacial score (nSPS) is 28.6. The fourth-order valence-corrected chi connectivity index (χ4v) is 10.1. The first-order chi connectivity index (χ1) is 21.9. The minimum Gasteiger partial charge on any atom is -0.466 e. The summed E-state index contributed by atoms with van der Waals surface area (Å²) in [5.74, 6) is -4.05. The second-order valence-electron chi connectivity index (χ2n) is 12.6. The molecule has 0 radical (unpaired) electrons. The third-order valence-corrected chi connectivity index (χ3v) is 13.2. The average Bonchev–Trinajstić information content (AvgIpc) is 3.33. The van der Waals surface area contributed by atoms with Crippen LogP contribution in [0.1, 0.15) is 52.6 Å². The first-order valence-electron chi connectivity index (χ1n) is 14.7. The fourth-order valence-electron chi connectivity index (χ4n) is 6.33. The lowest BCUT2D eigenvalue weighted by Gasteiger charge is -2.44. The third-order valence-electron chi connectivity index (χ3n) is 8.87. The number of hydrogen-bond acceptors (Lipinski definition) is 13. The van der Waals surface area contributed by atoms with Crippen LogP contribution in [0.25, 0.3) is 0 Å². The summed E-state index contributed by atoms with van der Waals surface area (Å²) in [6.45, 7) is 6.88. The first-order valence-corrected chi connectivity index (χ1v) is 17.1. The Morgan fingerprint density at radius 2 is 1.64 bits per heavy atom. The van der Waals surface area contributed by atoms with E-state index >= 15 is 0 Å². The molecule has 4 aliphatic heterocycles. The lowest BCUT2D eigenvalue weighted by atomic mass is 9.95. The van der Waals surface area contributed by atoms with Gasteiger partial charge in [0, 0.05) is 16.5 Å². The molecule has 0 aliphatic carbocycles. The van der Waals surface area contributed by atoms with E-state index in [0.29, 0.717) is 11.3 Å². The van der Waals surface area contributed by atoms with Crippen molar-refractivity contribution in [3.8, 4) is 0 Å². The fraction of sp³-hybridized carbons (Fsp3) is 0.533. The smallest absolute Gasteiger partial charge is 0.333 e. The van der Waals surface area contributed by atoms with Crippen molar-refractivity contribution in [1.29, 1.82) is 0 Å². The largest absolute Gasteiger partial charge is 0.466 e. The van der Waals surface area contributed by atoms with Crippen LogP contribution in [0.15, 0.2) is 42.1 Å². The van der Waals surface area contributed by atoms with Crippen LogP contribution >= 0.6 is 11.8 Å². The van der Waals surface area contributed by atoms with Crippen LogP contribution in [0.5, 0.6) is 0 Å². The third kappa shape index (κ3) is 5.72.